The Balaban J connectivity index is 1.89. The topological polar surface area (TPSA) is 91.3 Å². The molecule has 0 radical (unpaired) electrons. The van der Waals surface area contributed by atoms with E-state index in [4.69, 9.17) is 4.42 Å². The van der Waals surface area contributed by atoms with Crippen molar-refractivity contribution in [3.8, 4) is 12.0 Å². The van der Waals surface area contributed by atoms with Crippen molar-refractivity contribution in [3.05, 3.63) is 71.2 Å². The van der Waals surface area contributed by atoms with Crippen LogP contribution in [0.3, 0.4) is 0 Å². The number of nitrogens with one attached hydrogen (secondary N) is 1. The highest BCUT2D eigenvalue weighted by molar-refractivity contribution is 6.07. The Morgan fingerprint density at radius 2 is 1.86 bits per heavy atom. The molecule has 0 saturated carbocycles. The van der Waals surface area contributed by atoms with Gasteiger partial charge < -0.3 is 14.6 Å². The fourth-order valence-corrected chi connectivity index (χ4v) is 3.18. The van der Waals surface area contributed by atoms with Crippen LogP contribution in [0, 0.1) is 18.3 Å². The smallest absolute Gasteiger partial charge is 0.260 e. The number of anilines is 1. The van der Waals surface area contributed by atoms with Gasteiger partial charge in [-0.1, -0.05) is 6.07 Å². The number of benzene rings is 1. The molecule has 2 amide bonds. The Bertz CT molecular complexity index is 1070. The van der Waals surface area contributed by atoms with Crippen LogP contribution >= 0.6 is 0 Å². The van der Waals surface area contributed by atoms with Gasteiger partial charge in [0, 0.05) is 36.7 Å². The molecular formula is C22H22N4O3. The lowest BCUT2D eigenvalue weighted by Crippen LogP contribution is -2.30. The van der Waals surface area contributed by atoms with Crippen molar-refractivity contribution in [1.82, 2.24) is 9.47 Å². The lowest BCUT2D eigenvalue weighted by atomic mass is 10.1. The number of aromatic nitrogens is 1. The largest absolute Gasteiger partial charge is 0.443 e. The van der Waals surface area contributed by atoms with Gasteiger partial charge in [-0.3, -0.25) is 14.2 Å². The van der Waals surface area contributed by atoms with Crippen molar-refractivity contribution >= 4 is 17.5 Å². The normalized spacial score (nSPS) is 10.4. The van der Waals surface area contributed by atoms with Crippen LogP contribution in [0.5, 0.6) is 0 Å². The van der Waals surface area contributed by atoms with E-state index in [9.17, 15) is 14.9 Å². The minimum atomic E-state index is -0.464. The van der Waals surface area contributed by atoms with Gasteiger partial charge in [-0.25, -0.2) is 0 Å². The lowest BCUT2D eigenvalue weighted by Gasteiger charge is -2.19. The van der Waals surface area contributed by atoms with Gasteiger partial charge in [-0.2, -0.15) is 5.26 Å². The summed E-state index contributed by atoms with van der Waals surface area (Å²) in [5, 5.41) is 12.4. The van der Waals surface area contributed by atoms with Crippen molar-refractivity contribution in [2.75, 3.05) is 18.4 Å². The second-order valence-electron chi connectivity index (χ2n) is 6.43. The molecular weight excluding hydrogens is 368 g/mol. The van der Waals surface area contributed by atoms with E-state index >= 15 is 0 Å². The quantitative estimate of drug-likeness (QED) is 0.689. The zero-order valence-electron chi connectivity index (χ0n) is 16.6. The first-order valence-electron chi connectivity index (χ1n) is 9.37. The van der Waals surface area contributed by atoms with Gasteiger partial charge in [0.1, 0.15) is 23.0 Å². The first-order chi connectivity index (χ1) is 14.0. The molecule has 0 spiro atoms. The standard InChI is InChI=1S/C22H22N4O3/c1-4-25(5-2)21(28)16-9-8-10-17(13-16)24-20(27)19-15(3)29-22(18(19)14-23)26-11-6-7-12-26/h6-13H,4-5H2,1-3H3,(H,24,27). The monoisotopic (exact) mass is 390 g/mol. The summed E-state index contributed by atoms with van der Waals surface area (Å²) in [6.45, 7) is 6.69. The summed E-state index contributed by atoms with van der Waals surface area (Å²) in [7, 11) is 0. The molecule has 0 aliphatic heterocycles. The second kappa shape index (κ2) is 8.48. The summed E-state index contributed by atoms with van der Waals surface area (Å²) in [6.07, 6.45) is 3.48. The van der Waals surface area contributed by atoms with Gasteiger partial charge in [0.2, 0.25) is 5.88 Å². The minimum Gasteiger partial charge on any atom is -0.443 e. The lowest BCUT2D eigenvalue weighted by molar-refractivity contribution is 0.0772. The van der Waals surface area contributed by atoms with E-state index in [0.29, 0.717) is 36.0 Å². The fourth-order valence-electron chi connectivity index (χ4n) is 3.18. The van der Waals surface area contributed by atoms with Gasteiger partial charge in [-0.05, 0) is 51.1 Å². The molecule has 0 aliphatic carbocycles. The van der Waals surface area contributed by atoms with Gasteiger partial charge in [0.15, 0.2) is 0 Å². The molecule has 148 valence electrons. The average Bonchev–Trinajstić information content (AvgIpc) is 3.36. The van der Waals surface area contributed by atoms with Crippen LogP contribution in [0.1, 0.15) is 45.9 Å². The van der Waals surface area contributed by atoms with Crippen LogP contribution < -0.4 is 5.32 Å². The summed E-state index contributed by atoms with van der Waals surface area (Å²) in [5.41, 5.74) is 1.30. The third-order valence-corrected chi connectivity index (χ3v) is 4.66. The molecule has 0 atom stereocenters. The summed E-state index contributed by atoms with van der Waals surface area (Å²) < 4.78 is 7.33. The molecule has 3 rings (SSSR count). The summed E-state index contributed by atoms with van der Waals surface area (Å²) >= 11 is 0. The predicted octanol–water partition coefficient (Wildman–Crippen LogP) is 3.98. The SMILES string of the molecule is CCN(CC)C(=O)c1cccc(NC(=O)c2c(C)oc(-n3cccc3)c2C#N)c1. The average molecular weight is 390 g/mol. The Hall–Kier alpha value is -3.79. The third-order valence-electron chi connectivity index (χ3n) is 4.66. The molecule has 0 aliphatic rings. The fraction of sp³-hybridized carbons (Fsp3) is 0.227. The zero-order chi connectivity index (χ0) is 21.0. The minimum absolute atomic E-state index is 0.0989. The molecule has 0 unspecified atom stereocenters. The van der Waals surface area contributed by atoms with E-state index in [1.807, 2.05) is 13.8 Å². The second-order valence-corrected chi connectivity index (χ2v) is 6.43. The van der Waals surface area contributed by atoms with Gasteiger partial charge >= 0.3 is 0 Å². The van der Waals surface area contributed by atoms with E-state index in [1.54, 1.807) is 65.2 Å². The highest BCUT2D eigenvalue weighted by atomic mass is 16.4. The molecule has 29 heavy (non-hydrogen) atoms. The van der Waals surface area contributed by atoms with Crippen molar-refractivity contribution in [2.24, 2.45) is 0 Å². The van der Waals surface area contributed by atoms with E-state index in [2.05, 4.69) is 11.4 Å². The van der Waals surface area contributed by atoms with E-state index in [1.165, 1.54) is 0 Å². The Morgan fingerprint density at radius 1 is 1.17 bits per heavy atom. The molecule has 7 heteroatoms. The van der Waals surface area contributed by atoms with Crippen LogP contribution in [0.15, 0.2) is 53.2 Å². The molecule has 1 N–H and O–H groups in total. The van der Waals surface area contributed by atoms with Crippen LogP contribution in [0.4, 0.5) is 5.69 Å². The Labute approximate surface area is 169 Å². The summed E-state index contributed by atoms with van der Waals surface area (Å²) in [6, 6.07) is 12.4. The van der Waals surface area contributed by atoms with Crippen molar-refractivity contribution < 1.29 is 14.0 Å². The number of amides is 2. The molecule has 2 aromatic heterocycles. The summed E-state index contributed by atoms with van der Waals surface area (Å²) in [4.78, 5) is 27.2. The highest BCUT2D eigenvalue weighted by Crippen LogP contribution is 2.26. The van der Waals surface area contributed by atoms with Gasteiger partial charge in [0.25, 0.3) is 11.8 Å². The van der Waals surface area contributed by atoms with Gasteiger partial charge in [0.05, 0.1) is 0 Å². The molecule has 0 bridgehead atoms. The molecule has 3 aromatic rings. The number of carbonyl (C=O) groups is 2. The molecule has 1 aromatic carbocycles. The van der Waals surface area contributed by atoms with E-state index in [-0.39, 0.29) is 17.0 Å². The predicted molar refractivity (Wildman–Crippen MR) is 109 cm³/mol. The number of hydrogen-bond donors (Lipinski definition) is 1. The van der Waals surface area contributed by atoms with Crippen molar-refractivity contribution in [3.63, 3.8) is 0 Å². The molecule has 0 saturated heterocycles. The molecule has 7 nitrogen and oxygen atoms in total. The Kier molecular flexibility index (Phi) is 5.84. The Morgan fingerprint density at radius 3 is 2.48 bits per heavy atom. The number of rotatable bonds is 6. The van der Waals surface area contributed by atoms with E-state index in [0.717, 1.165) is 0 Å². The zero-order valence-corrected chi connectivity index (χ0v) is 16.6. The number of carbonyl (C=O) groups excluding carboxylic acids is 2. The third kappa shape index (κ3) is 3.92. The maximum Gasteiger partial charge on any atom is 0.260 e. The number of aryl methyl sites for hydroxylation is 1. The van der Waals surface area contributed by atoms with Crippen molar-refractivity contribution in [2.45, 2.75) is 20.8 Å². The number of furan rings is 1. The molecule has 0 fully saturated rings. The maximum absolute atomic E-state index is 12.9. The van der Waals surface area contributed by atoms with Crippen LogP contribution in [0.25, 0.3) is 5.88 Å². The van der Waals surface area contributed by atoms with Crippen LogP contribution in [-0.4, -0.2) is 34.4 Å². The van der Waals surface area contributed by atoms with Gasteiger partial charge in [-0.15, -0.1) is 0 Å². The maximum atomic E-state index is 12.9. The van der Waals surface area contributed by atoms with Crippen LogP contribution in [0.2, 0.25) is 0 Å². The molecule has 2 heterocycles. The first kappa shape index (κ1) is 20.0. The van der Waals surface area contributed by atoms with Crippen LogP contribution in [-0.2, 0) is 0 Å². The number of nitrogens with zero attached hydrogens (tertiary/aromatic N) is 3. The van der Waals surface area contributed by atoms with Crippen molar-refractivity contribution in [1.29, 1.82) is 5.26 Å². The number of hydrogen-bond acceptors (Lipinski definition) is 4. The summed E-state index contributed by atoms with van der Waals surface area (Å²) in [5.74, 6) is 0.0792. The first-order valence-corrected chi connectivity index (χ1v) is 9.37. The van der Waals surface area contributed by atoms with E-state index < -0.39 is 5.91 Å². The number of nitriles is 1. The highest BCUT2D eigenvalue weighted by Gasteiger charge is 2.25.